The summed E-state index contributed by atoms with van der Waals surface area (Å²) in [6.07, 6.45) is 7.98. The zero-order valence-electron chi connectivity index (χ0n) is 10.6. The van der Waals surface area contributed by atoms with Crippen LogP contribution in [-0.4, -0.2) is 5.33 Å². The van der Waals surface area contributed by atoms with E-state index in [0.29, 0.717) is 0 Å². The number of hydrogen-bond donors (Lipinski definition) is 0. The van der Waals surface area contributed by atoms with Gasteiger partial charge in [-0.15, -0.1) is 0 Å². The van der Waals surface area contributed by atoms with Crippen molar-refractivity contribution in [1.29, 1.82) is 0 Å². The van der Waals surface area contributed by atoms with Gasteiger partial charge in [-0.1, -0.05) is 82.7 Å². The van der Waals surface area contributed by atoms with E-state index in [1.54, 1.807) is 0 Å². The normalized spacial score (nSPS) is 12.6. The van der Waals surface area contributed by atoms with E-state index < -0.39 is 0 Å². The molecular weight excluding hydrogens is 340 g/mol. The molecule has 2 heteroatoms. The summed E-state index contributed by atoms with van der Waals surface area (Å²) in [4.78, 5) is 0. The van der Waals surface area contributed by atoms with Crippen LogP contribution in [0.15, 0.2) is 28.7 Å². The molecule has 0 N–H and O–H groups in total. The molecule has 0 aromatic heterocycles. The van der Waals surface area contributed by atoms with E-state index in [1.165, 1.54) is 48.6 Å². The van der Waals surface area contributed by atoms with Gasteiger partial charge in [-0.05, 0) is 30.4 Å². The quantitative estimate of drug-likeness (QED) is 0.395. The van der Waals surface area contributed by atoms with Gasteiger partial charge in [0, 0.05) is 9.80 Å². The number of alkyl halides is 1. The van der Waals surface area contributed by atoms with Gasteiger partial charge in [-0.25, -0.2) is 0 Å². The average Bonchev–Trinajstić information content (AvgIpc) is 2.35. The van der Waals surface area contributed by atoms with Crippen molar-refractivity contribution in [1.82, 2.24) is 0 Å². The van der Waals surface area contributed by atoms with Crippen LogP contribution >= 0.6 is 31.9 Å². The minimum atomic E-state index is 0.769. The highest BCUT2D eigenvalue weighted by Crippen LogP contribution is 2.23. The number of hydrogen-bond acceptors (Lipinski definition) is 0. The Morgan fingerprint density at radius 1 is 1.12 bits per heavy atom. The molecule has 0 amide bonds. The molecule has 0 aliphatic heterocycles. The van der Waals surface area contributed by atoms with Crippen LogP contribution < -0.4 is 0 Å². The summed E-state index contributed by atoms with van der Waals surface area (Å²) in [6, 6.07) is 8.57. The topological polar surface area (TPSA) is 0 Å². The summed E-state index contributed by atoms with van der Waals surface area (Å²) < 4.78 is 1.25. The van der Waals surface area contributed by atoms with E-state index in [9.17, 15) is 0 Å². The molecule has 1 atom stereocenters. The van der Waals surface area contributed by atoms with Gasteiger partial charge in [0.1, 0.15) is 0 Å². The molecule has 0 saturated heterocycles. The van der Waals surface area contributed by atoms with E-state index in [0.717, 1.165) is 11.2 Å². The predicted molar refractivity (Wildman–Crippen MR) is 83.9 cm³/mol. The van der Waals surface area contributed by atoms with Gasteiger partial charge >= 0.3 is 0 Å². The third-order valence-corrected chi connectivity index (χ3v) is 4.84. The molecule has 0 radical (unpaired) electrons. The zero-order chi connectivity index (χ0) is 12.5. The molecule has 0 spiro atoms. The van der Waals surface area contributed by atoms with Gasteiger partial charge in [-0.2, -0.15) is 0 Å². The second-order valence-electron chi connectivity index (χ2n) is 4.67. The van der Waals surface area contributed by atoms with Gasteiger partial charge in [0.05, 0.1) is 0 Å². The summed E-state index contributed by atoms with van der Waals surface area (Å²) in [5.74, 6) is 0.769. The van der Waals surface area contributed by atoms with Crippen molar-refractivity contribution in [3.63, 3.8) is 0 Å². The monoisotopic (exact) mass is 360 g/mol. The standard InChI is InChI=1S/C15H22Br2/c1-2-3-4-5-8-13(12-16)11-14-9-6-7-10-15(14)17/h6-7,9-10,13H,2-5,8,11-12H2,1H3. The SMILES string of the molecule is CCCCCCC(CBr)Cc1ccccc1Br. The first-order valence-corrected chi connectivity index (χ1v) is 8.48. The molecule has 1 aromatic carbocycles. The van der Waals surface area contributed by atoms with Crippen molar-refractivity contribution >= 4 is 31.9 Å². The Bertz CT molecular complexity index is 310. The van der Waals surface area contributed by atoms with Crippen LogP contribution in [0.3, 0.4) is 0 Å². The van der Waals surface area contributed by atoms with Crippen molar-refractivity contribution in [2.24, 2.45) is 5.92 Å². The lowest BCUT2D eigenvalue weighted by Crippen LogP contribution is -2.06. The van der Waals surface area contributed by atoms with Crippen LogP contribution in [0.2, 0.25) is 0 Å². The van der Waals surface area contributed by atoms with Gasteiger partial charge in [0.15, 0.2) is 0 Å². The van der Waals surface area contributed by atoms with E-state index in [4.69, 9.17) is 0 Å². The number of rotatable bonds is 8. The van der Waals surface area contributed by atoms with Gasteiger partial charge in [0.25, 0.3) is 0 Å². The highest BCUT2D eigenvalue weighted by atomic mass is 79.9. The van der Waals surface area contributed by atoms with Gasteiger partial charge < -0.3 is 0 Å². The van der Waals surface area contributed by atoms with Crippen molar-refractivity contribution in [2.45, 2.75) is 45.4 Å². The second-order valence-corrected chi connectivity index (χ2v) is 6.17. The summed E-state index contributed by atoms with van der Waals surface area (Å²) >= 11 is 7.28. The molecule has 0 aliphatic carbocycles. The van der Waals surface area contributed by atoms with Crippen LogP contribution in [-0.2, 0) is 6.42 Å². The lowest BCUT2D eigenvalue weighted by molar-refractivity contribution is 0.495. The first kappa shape index (κ1) is 15.2. The molecule has 0 fully saturated rings. The highest BCUT2D eigenvalue weighted by molar-refractivity contribution is 9.10. The summed E-state index contributed by atoms with van der Waals surface area (Å²) in [5, 5.41) is 1.11. The first-order chi connectivity index (χ1) is 8.27. The van der Waals surface area contributed by atoms with E-state index in [-0.39, 0.29) is 0 Å². The average molecular weight is 362 g/mol. The predicted octanol–water partition coefficient (Wildman–Crippen LogP) is 5.97. The van der Waals surface area contributed by atoms with Gasteiger partial charge in [0.2, 0.25) is 0 Å². The highest BCUT2D eigenvalue weighted by Gasteiger charge is 2.09. The van der Waals surface area contributed by atoms with Crippen molar-refractivity contribution in [3.8, 4) is 0 Å². The lowest BCUT2D eigenvalue weighted by atomic mass is 9.95. The molecule has 0 saturated carbocycles. The molecule has 0 heterocycles. The largest absolute Gasteiger partial charge is 0.0925 e. The molecule has 1 aromatic rings. The van der Waals surface area contributed by atoms with Crippen molar-refractivity contribution < 1.29 is 0 Å². The van der Waals surface area contributed by atoms with Crippen molar-refractivity contribution in [2.75, 3.05) is 5.33 Å². The Morgan fingerprint density at radius 3 is 2.53 bits per heavy atom. The maximum atomic E-state index is 3.65. The van der Waals surface area contributed by atoms with Crippen LogP contribution in [0.1, 0.15) is 44.6 Å². The number of benzene rings is 1. The van der Waals surface area contributed by atoms with Crippen LogP contribution in [0.4, 0.5) is 0 Å². The molecule has 0 aliphatic rings. The Kier molecular flexibility index (Phi) is 8.21. The number of unbranched alkanes of at least 4 members (excludes halogenated alkanes) is 3. The molecule has 96 valence electrons. The van der Waals surface area contributed by atoms with E-state index in [1.807, 2.05) is 0 Å². The number of halogens is 2. The molecule has 1 rings (SSSR count). The summed E-state index contributed by atoms with van der Waals surface area (Å²) in [5.41, 5.74) is 1.44. The van der Waals surface area contributed by atoms with Crippen LogP contribution in [0.5, 0.6) is 0 Å². The second kappa shape index (κ2) is 9.16. The first-order valence-electron chi connectivity index (χ1n) is 6.57. The van der Waals surface area contributed by atoms with E-state index in [2.05, 4.69) is 63.0 Å². The maximum absolute atomic E-state index is 3.65. The Hall–Kier alpha value is 0.180. The fourth-order valence-corrected chi connectivity index (χ4v) is 3.07. The fourth-order valence-electron chi connectivity index (χ4n) is 2.07. The molecule has 0 bridgehead atoms. The lowest BCUT2D eigenvalue weighted by Gasteiger charge is -2.15. The smallest absolute Gasteiger partial charge is 0.0207 e. The molecule has 0 nitrogen and oxygen atoms in total. The molecular formula is C15H22Br2. The minimum Gasteiger partial charge on any atom is -0.0925 e. The Labute approximate surface area is 122 Å². The Morgan fingerprint density at radius 2 is 1.88 bits per heavy atom. The van der Waals surface area contributed by atoms with Crippen LogP contribution in [0, 0.1) is 5.92 Å². The van der Waals surface area contributed by atoms with Crippen molar-refractivity contribution in [3.05, 3.63) is 34.3 Å². The third kappa shape index (κ3) is 6.05. The fraction of sp³-hybridized carbons (Fsp3) is 0.600. The third-order valence-electron chi connectivity index (χ3n) is 3.15. The maximum Gasteiger partial charge on any atom is 0.0207 e. The van der Waals surface area contributed by atoms with Gasteiger partial charge in [-0.3, -0.25) is 0 Å². The minimum absolute atomic E-state index is 0.769. The Balaban J connectivity index is 2.38. The molecule has 17 heavy (non-hydrogen) atoms. The summed E-state index contributed by atoms with van der Waals surface area (Å²) in [6.45, 7) is 2.27. The van der Waals surface area contributed by atoms with Crippen LogP contribution in [0.25, 0.3) is 0 Å². The molecule has 1 unspecified atom stereocenters. The van der Waals surface area contributed by atoms with E-state index >= 15 is 0 Å². The summed E-state index contributed by atoms with van der Waals surface area (Å²) in [7, 11) is 0. The zero-order valence-corrected chi connectivity index (χ0v) is 13.8.